The molecule has 0 aliphatic rings. The maximum atomic E-state index is 12.7. The van der Waals surface area contributed by atoms with Gasteiger partial charge in [-0.2, -0.15) is 0 Å². The lowest BCUT2D eigenvalue weighted by atomic mass is 10.2. The molecule has 0 fully saturated rings. The van der Waals surface area contributed by atoms with Crippen molar-refractivity contribution in [2.45, 2.75) is 39.4 Å². The number of carbonyl (C=O) groups excluding carboxylic acids is 1. The van der Waals surface area contributed by atoms with E-state index in [4.69, 9.17) is 0 Å². The molecule has 134 valence electrons. The highest BCUT2D eigenvalue weighted by molar-refractivity contribution is 5.77. The lowest BCUT2D eigenvalue weighted by Gasteiger charge is -2.26. The Labute approximate surface area is 152 Å². The molecule has 1 aromatic carbocycles. The van der Waals surface area contributed by atoms with Gasteiger partial charge in [0.15, 0.2) is 0 Å². The summed E-state index contributed by atoms with van der Waals surface area (Å²) in [6.45, 7) is 4.72. The number of aryl methyl sites for hydroxylation is 1. The fourth-order valence-corrected chi connectivity index (χ4v) is 2.85. The third-order valence-electron chi connectivity index (χ3n) is 4.30. The molecule has 0 aliphatic carbocycles. The quantitative estimate of drug-likeness (QED) is 0.685. The fraction of sp³-hybridized carbons (Fsp3) is 0.300. The monoisotopic (exact) mass is 350 g/mol. The maximum Gasteiger partial charge on any atom is 0.261 e. The largest absolute Gasteiger partial charge is 0.334 e. The Bertz CT molecular complexity index is 951. The molecule has 26 heavy (non-hydrogen) atoms. The van der Waals surface area contributed by atoms with E-state index >= 15 is 0 Å². The SMILES string of the molecule is CC(C)N(Cc1ccccn1)C(=O)CCn1cnc2ccccc2c1=O. The zero-order valence-electron chi connectivity index (χ0n) is 15.0. The van der Waals surface area contributed by atoms with Crippen molar-refractivity contribution in [2.24, 2.45) is 0 Å². The number of para-hydroxylation sites is 1. The average Bonchev–Trinajstić information content (AvgIpc) is 2.66. The molecule has 0 saturated carbocycles. The second kappa shape index (κ2) is 7.91. The van der Waals surface area contributed by atoms with Crippen LogP contribution in [0.25, 0.3) is 10.9 Å². The molecule has 0 saturated heterocycles. The summed E-state index contributed by atoms with van der Waals surface area (Å²) < 4.78 is 1.50. The summed E-state index contributed by atoms with van der Waals surface area (Å²) in [6.07, 6.45) is 3.47. The molecule has 1 amide bonds. The van der Waals surface area contributed by atoms with Crippen molar-refractivity contribution in [3.63, 3.8) is 0 Å². The fourth-order valence-electron chi connectivity index (χ4n) is 2.85. The van der Waals surface area contributed by atoms with Crippen LogP contribution in [0, 0.1) is 0 Å². The Morgan fingerprint density at radius 1 is 1.12 bits per heavy atom. The van der Waals surface area contributed by atoms with Gasteiger partial charge in [-0.05, 0) is 38.1 Å². The number of amides is 1. The summed E-state index contributed by atoms with van der Waals surface area (Å²) in [7, 11) is 0. The number of rotatable bonds is 6. The van der Waals surface area contributed by atoms with E-state index in [1.54, 1.807) is 23.2 Å². The molecule has 0 radical (unpaired) electrons. The van der Waals surface area contributed by atoms with Gasteiger partial charge in [-0.1, -0.05) is 18.2 Å². The third kappa shape index (κ3) is 3.96. The minimum Gasteiger partial charge on any atom is -0.334 e. The van der Waals surface area contributed by atoms with Crippen LogP contribution in [0.2, 0.25) is 0 Å². The smallest absolute Gasteiger partial charge is 0.261 e. The lowest BCUT2D eigenvalue weighted by molar-refractivity contribution is -0.133. The Balaban J connectivity index is 1.72. The second-order valence-corrected chi connectivity index (χ2v) is 6.45. The van der Waals surface area contributed by atoms with E-state index in [1.165, 1.54) is 10.9 Å². The molecule has 0 aliphatic heterocycles. The Hall–Kier alpha value is -3.02. The van der Waals surface area contributed by atoms with Crippen molar-refractivity contribution >= 4 is 16.8 Å². The number of nitrogens with zero attached hydrogens (tertiary/aromatic N) is 4. The highest BCUT2D eigenvalue weighted by Crippen LogP contribution is 2.09. The number of fused-ring (bicyclic) bond motifs is 1. The van der Waals surface area contributed by atoms with Crippen molar-refractivity contribution in [1.82, 2.24) is 19.4 Å². The molecular formula is C20H22N4O2. The number of pyridine rings is 1. The Morgan fingerprint density at radius 3 is 2.62 bits per heavy atom. The molecule has 0 N–H and O–H groups in total. The standard InChI is InChI=1S/C20H22N4O2/c1-15(2)24(13-16-7-5-6-11-21-16)19(25)10-12-23-14-22-18-9-4-3-8-17(18)20(23)26/h3-9,11,14-15H,10,12-13H2,1-2H3. The highest BCUT2D eigenvalue weighted by Gasteiger charge is 2.18. The van der Waals surface area contributed by atoms with Crippen LogP contribution < -0.4 is 5.56 Å². The van der Waals surface area contributed by atoms with Gasteiger partial charge in [0.2, 0.25) is 5.91 Å². The van der Waals surface area contributed by atoms with Crippen LogP contribution in [-0.4, -0.2) is 31.4 Å². The zero-order chi connectivity index (χ0) is 18.5. The zero-order valence-corrected chi connectivity index (χ0v) is 15.0. The van der Waals surface area contributed by atoms with Gasteiger partial charge in [0, 0.05) is 25.2 Å². The normalized spacial score (nSPS) is 11.0. The van der Waals surface area contributed by atoms with E-state index in [0.717, 1.165) is 5.69 Å². The molecule has 0 bridgehead atoms. The predicted molar refractivity (Wildman–Crippen MR) is 101 cm³/mol. The van der Waals surface area contributed by atoms with E-state index in [-0.39, 0.29) is 23.9 Å². The molecular weight excluding hydrogens is 328 g/mol. The van der Waals surface area contributed by atoms with Gasteiger partial charge in [0.25, 0.3) is 5.56 Å². The van der Waals surface area contributed by atoms with Crippen molar-refractivity contribution in [3.05, 3.63) is 71.0 Å². The van der Waals surface area contributed by atoms with Crippen LogP contribution in [0.1, 0.15) is 26.0 Å². The third-order valence-corrected chi connectivity index (χ3v) is 4.30. The summed E-state index contributed by atoms with van der Waals surface area (Å²) >= 11 is 0. The van der Waals surface area contributed by atoms with Gasteiger partial charge in [0.05, 0.1) is 29.5 Å². The highest BCUT2D eigenvalue weighted by atomic mass is 16.2. The van der Waals surface area contributed by atoms with E-state index < -0.39 is 0 Å². The van der Waals surface area contributed by atoms with E-state index in [0.29, 0.717) is 24.0 Å². The molecule has 2 aromatic heterocycles. The summed E-state index contributed by atoms with van der Waals surface area (Å²) in [5.74, 6) is -0.00860. The van der Waals surface area contributed by atoms with Crippen molar-refractivity contribution in [1.29, 1.82) is 0 Å². The average molecular weight is 350 g/mol. The van der Waals surface area contributed by atoms with Gasteiger partial charge >= 0.3 is 0 Å². The predicted octanol–water partition coefficient (Wildman–Crippen LogP) is 2.62. The summed E-state index contributed by atoms with van der Waals surface area (Å²) in [5.41, 5.74) is 1.39. The number of hydrogen-bond acceptors (Lipinski definition) is 4. The number of benzene rings is 1. The summed E-state index contributed by atoms with van der Waals surface area (Å²) in [6, 6.07) is 12.9. The van der Waals surface area contributed by atoms with Gasteiger partial charge in [-0.15, -0.1) is 0 Å². The van der Waals surface area contributed by atoms with E-state index in [1.807, 2.05) is 44.2 Å². The maximum absolute atomic E-state index is 12.7. The van der Waals surface area contributed by atoms with Gasteiger partial charge in [-0.25, -0.2) is 4.98 Å². The van der Waals surface area contributed by atoms with Crippen LogP contribution in [0.3, 0.4) is 0 Å². The van der Waals surface area contributed by atoms with Crippen LogP contribution >= 0.6 is 0 Å². The van der Waals surface area contributed by atoms with Gasteiger partial charge < -0.3 is 4.90 Å². The minimum absolute atomic E-state index is 0.00860. The summed E-state index contributed by atoms with van der Waals surface area (Å²) in [4.78, 5) is 35.6. The molecule has 0 atom stereocenters. The van der Waals surface area contributed by atoms with Crippen molar-refractivity contribution in [3.8, 4) is 0 Å². The first-order valence-corrected chi connectivity index (χ1v) is 8.70. The summed E-state index contributed by atoms with van der Waals surface area (Å²) in [5, 5.41) is 0.566. The number of aromatic nitrogens is 3. The van der Waals surface area contributed by atoms with E-state index in [2.05, 4.69) is 9.97 Å². The molecule has 3 rings (SSSR count). The van der Waals surface area contributed by atoms with Crippen LogP contribution in [0.4, 0.5) is 0 Å². The molecule has 6 heteroatoms. The Morgan fingerprint density at radius 2 is 1.88 bits per heavy atom. The first kappa shape index (κ1) is 17.8. The van der Waals surface area contributed by atoms with E-state index in [9.17, 15) is 9.59 Å². The van der Waals surface area contributed by atoms with Crippen LogP contribution in [0.5, 0.6) is 0 Å². The van der Waals surface area contributed by atoms with Crippen LogP contribution in [0.15, 0.2) is 59.8 Å². The number of hydrogen-bond donors (Lipinski definition) is 0. The Kier molecular flexibility index (Phi) is 5.41. The first-order valence-electron chi connectivity index (χ1n) is 8.70. The van der Waals surface area contributed by atoms with Gasteiger partial charge in [-0.3, -0.25) is 19.1 Å². The topological polar surface area (TPSA) is 68.1 Å². The second-order valence-electron chi connectivity index (χ2n) is 6.45. The van der Waals surface area contributed by atoms with Crippen LogP contribution in [-0.2, 0) is 17.9 Å². The van der Waals surface area contributed by atoms with Crippen molar-refractivity contribution < 1.29 is 4.79 Å². The molecule has 2 heterocycles. The molecule has 3 aromatic rings. The molecule has 6 nitrogen and oxygen atoms in total. The van der Waals surface area contributed by atoms with Gasteiger partial charge in [0.1, 0.15) is 0 Å². The molecule has 0 spiro atoms. The van der Waals surface area contributed by atoms with Crippen molar-refractivity contribution in [2.75, 3.05) is 0 Å². The first-order chi connectivity index (χ1) is 12.6. The minimum atomic E-state index is -0.121. The number of carbonyl (C=O) groups is 1. The lowest BCUT2D eigenvalue weighted by Crippen LogP contribution is -2.37. The molecule has 0 unspecified atom stereocenters.